The Labute approximate surface area is 203 Å². The molecule has 2 aliphatic heterocycles. The number of rotatable bonds is 6. The van der Waals surface area contributed by atoms with Crippen molar-refractivity contribution in [3.8, 4) is 5.75 Å². The molecule has 0 aliphatic carbocycles. The van der Waals surface area contributed by atoms with Crippen LogP contribution < -0.4 is 4.74 Å². The van der Waals surface area contributed by atoms with Crippen LogP contribution in [0, 0.1) is 0 Å². The van der Waals surface area contributed by atoms with Gasteiger partial charge in [0.15, 0.2) is 0 Å². The Bertz CT molecular complexity index is 1150. The first-order chi connectivity index (χ1) is 15.7. The highest BCUT2D eigenvalue weighted by atomic mass is 35.5. The molecule has 0 aromatic heterocycles. The molecule has 1 fully saturated rings. The summed E-state index contributed by atoms with van der Waals surface area (Å²) >= 11 is 12.4. The summed E-state index contributed by atoms with van der Waals surface area (Å²) in [4.78, 5) is 29.7. The van der Waals surface area contributed by atoms with Crippen LogP contribution in [0.25, 0.3) is 5.76 Å². The van der Waals surface area contributed by atoms with Gasteiger partial charge in [-0.25, -0.2) is 0 Å². The van der Waals surface area contributed by atoms with E-state index in [-0.39, 0.29) is 17.4 Å². The Morgan fingerprint density at radius 2 is 1.91 bits per heavy atom. The number of ether oxygens (including phenoxy) is 1. The first-order valence-electron chi connectivity index (χ1n) is 10.9. The first-order valence-corrected chi connectivity index (χ1v) is 11.6. The number of carbonyl (C=O) groups is 2. The predicted octanol–water partition coefficient (Wildman–Crippen LogP) is 4.69. The molecule has 1 amide bonds. The van der Waals surface area contributed by atoms with Crippen LogP contribution in [-0.2, 0) is 16.0 Å². The van der Waals surface area contributed by atoms with E-state index in [1.54, 1.807) is 30.3 Å². The number of ketones is 1. The van der Waals surface area contributed by atoms with Gasteiger partial charge < -0.3 is 19.6 Å². The average Bonchev–Trinajstić information content (AvgIpc) is 3.26. The Morgan fingerprint density at radius 3 is 2.61 bits per heavy atom. The number of hydrogen-bond acceptors (Lipinski definition) is 5. The topological polar surface area (TPSA) is 70.1 Å². The largest absolute Gasteiger partial charge is 0.507 e. The van der Waals surface area contributed by atoms with Crippen LogP contribution in [0.5, 0.6) is 5.75 Å². The van der Waals surface area contributed by atoms with Crippen molar-refractivity contribution in [1.29, 1.82) is 0 Å². The van der Waals surface area contributed by atoms with Gasteiger partial charge in [0.05, 0.1) is 21.7 Å². The molecule has 2 aromatic rings. The lowest BCUT2D eigenvalue weighted by molar-refractivity contribution is -0.139. The second-order valence-corrected chi connectivity index (χ2v) is 9.59. The van der Waals surface area contributed by atoms with Gasteiger partial charge in [-0.2, -0.15) is 0 Å². The number of halogens is 2. The van der Waals surface area contributed by atoms with Gasteiger partial charge in [0, 0.05) is 18.5 Å². The normalized spacial score (nSPS) is 21.6. The molecule has 2 atom stereocenters. The van der Waals surface area contributed by atoms with Crippen LogP contribution in [0.15, 0.2) is 42.0 Å². The lowest BCUT2D eigenvalue weighted by Crippen LogP contribution is -2.32. The van der Waals surface area contributed by atoms with Gasteiger partial charge in [-0.1, -0.05) is 29.3 Å². The van der Waals surface area contributed by atoms with Crippen LogP contribution in [0.3, 0.4) is 0 Å². The molecule has 0 bridgehead atoms. The summed E-state index contributed by atoms with van der Waals surface area (Å²) in [5.74, 6) is -0.783. The number of Topliss-reactive ketones (excluding diaryl/α,β-unsaturated/α-hetero) is 1. The Hall–Kier alpha value is -2.54. The smallest absolute Gasteiger partial charge is 0.295 e. The quantitative estimate of drug-likeness (QED) is 0.362. The fourth-order valence-electron chi connectivity index (χ4n) is 4.42. The molecule has 174 valence electrons. The fourth-order valence-corrected chi connectivity index (χ4v) is 4.73. The summed E-state index contributed by atoms with van der Waals surface area (Å²) < 4.78 is 5.74. The Morgan fingerprint density at radius 1 is 1.15 bits per heavy atom. The number of nitrogens with zero attached hydrogens (tertiary/aromatic N) is 2. The van der Waals surface area contributed by atoms with Crippen molar-refractivity contribution in [1.82, 2.24) is 9.80 Å². The third-order valence-corrected chi connectivity index (χ3v) is 6.71. The molecule has 2 aliphatic rings. The third kappa shape index (κ3) is 4.60. The van der Waals surface area contributed by atoms with E-state index in [9.17, 15) is 14.7 Å². The summed E-state index contributed by atoms with van der Waals surface area (Å²) in [7, 11) is 3.89. The average molecular weight is 489 g/mol. The van der Waals surface area contributed by atoms with Gasteiger partial charge in [-0.3, -0.25) is 9.59 Å². The fraction of sp³-hybridized carbons (Fsp3) is 0.360. The molecule has 33 heavy (non-hydrogen) atoms. The molecule has 2 aromatic carbocycles. The van der Waals surface area contributed by atoms with Crippen molar-refractivity contribution in [2.45, 2.75) is 31.9 Å². The molecule has 0 radical (unpaired) electrons. The van der Waals surface area contributed by atoms with E-state index >= 15 is 0 Å². The van der Waals surface area contributed by atoms with Crippen molar-refractivity contribution in [3.05, 3.63) is 68.7 Å². The lowest BCUT2D eigenvalue weighted by atomic mass is 9.94. The van der Waals surface area contributed by atoms with Crippen LogP contribution >= 0.6 is 23.2 Å². The highest BCUT2D eigenvalue weighted by Gasteiger charge is 2.46. The van der Waals surface area contributed by atoms with Crippen molar-refractivity contribution in [2.75, 3.05) is 27.2 Å². The van der Waals surface area contributed by atoms with Crippen molar-refractivity contribution in [2.24, 2.45) is 0 Å². The first kappa shape index (κ1) is 23.6. The maximum Gasteiger partial charge on any atom is 0.295 e. The van der Waals surface area contributed by atoms with Gasteiger partial charge >= 0.3 is 0 Å². The number of likely N-dealkylation sites (tertiary alicyclic amines) is 1. The number of hydrogen-bond donors (Lipinski definition) is 1. The number of fused-ring (bicyclic) bond motifs is 1. The summed E-state index contributed by atoms with van der Waals surface area (Å²) in [5.41, 5.74) is 2.10. The van der Waals surface area contributed by atoms with E-state index in [0.29, 0.717) is 40.6 Å². The molecule has 2 heterocycles. The molecule has 2 unspecified atom stereocenters. The minimum absolute atomic E-state index is 0.0511. The molecule has 6 nitrogen and oxygen atoms in total. The molecule has 0 spiro atoms. The molecule has 0 saturated carbocycles. The van der Waals surface area contributed by atoms with Gasteiger partial charge in [0.2, 0.25) is 0 Å². The van der Waals surface area contributed by atoms with Gasteiger partial charge in [-0.05, 0) is 75.4 Å². The monoisotopic (exact) mass is 488 g/mol. The lowest BCUT2D eigenvalue weighted by Gasteiger charge is -2.26. The van der Waals surface area contributed by atoms with Crippen molar-refractivity contribution in [3.63, 3.8) is 0 Å². The molecule has 1 N–H and O–H groups in total. The van der Waals surface area contributed by atoms with E-state index in [2.05, 4.69) is 0 Å². The third-order valence-electron chi connectivity index (χ3n) is 5.97. The number of amides is 1. The highest BCUT2D eigenvalue weighted by Crippen LogP contribution is 2.42. The molecule has 1 saturated heterocycles. The predicted molar refractivity (Wildman–Crippen MR) is 129 cm³/mol. The van der Waals surface area contributed by atoms with Gasteiger partial charge in [0.25, 0.3) is 11.7 Å². The van der Waals surface area contributed by atoms with Crippen LogP contribution in [0.2, 0.25) is 10.0 Å². The minimum atomic E-state index is -0.759. The molecule has 4 rings (SSSR count). The van der Waals surface area contributed by atoms with Gasteiger partial charge in [-0.15, -0.1) is 0 Å². The van der Waals surface area contributed by atoms with Crippen molar-refractivity contribution >= 4 is 40.7 Å². The number of benzene rings is 2. The summed E-state index contributed by atoms with van der Waals surface area (Å²) in [6, 6.07) is 9.56. The summed E-state index contributed by atoms with van der Waals surface area (Å²) in [6.45, 7) is 3.09. The van der Waals surface area contributed by atoms with E-state index in [0.717, 1.165) is 17.9 Å². The minimum Gasteiger partial charge on any atom is -0.507 e. The highest BCUT2D eigenvalue weighted by molar-refractivity contribution is 6.46. The van der Waals surface area contributed by atoms with Crippen molar-refractivity contribution < 1.29 is 19.4 Å². The number of aliphatic hydroxyl groups is 1. The van der Waals surface area contributed by atoms with Crippen LogP contribution in [-0.4, -0.2) is 59.9 Å². The SMILES string of the molecule is CC1Cc2cc(C(O)=C3C(=O)C(=O)N(CCCN(C)C)C3c3ccc(Cl)c(Cl)c3)ccc2O1. The maximum absolute atomic E-state index is 13.1. The Kier molecular flexibility index (Phi) is 6.71. The standard InChI is InChI=1S/C25H26Cl2N2O4/c1-14-11-17-12-16(6-8-20(17)33-14)23(30)21-22(15-5-7-18(26)19(27)13-15)29(25(32)24(21)31)10-4-9-28(2)3/h5-8,12-14,22,30H,4,9-11H2,1-3H3. The number of aliphatic hydroxyl groups excluding tert-OH is 1. The zero-order valence-electron chi connectivity index (χ0n) is 18.8. The summed E-state index contributed by atoms with van der Waals surface area (Å²) in [6.07, 6.45) is 1.44. The summed E-state index contributed by atoms with van der Waals surface area (Å²) in [5, 5.41) is 12.0. The van der Waals surface area contributed by atoms with E-state index in [1.807, 2.05) is 32.0 Å². The molecule has 8 heteroatoms. The van der Waals surface area contributed by atoms with E-state index in [1.165, 1.54) is 4.90 Å². The second kappa shape index (κ2) is 9.37. The van der Waals surface area contributed by atoms with E-state index in [4.69, 9.17) is 27.9 Å². The Balaban J connectivity index is 1.80. The molecular weight excluding hydrogens is 463 g/mol. The zero-order valence-corrected chi connectivity index (χ0v) is 20.3. The number of carbonyl (C=O) groups excluding carboxylic acids is 2. The second-order valence-electron chi connectivity index (χ2n) is 8.78. The van der Waals surface area contributed by atoms with E-state index < -0.39 is 17.7 Å². The maximum atomic E-state index is 13.1. The van der Waals surface area contributed by atoms with Crippen LogP contribution in [0.4, 0.5) is 0 Å². The van der Waals surface area contributed by atoms with Crippen LogP contribution in [0.1, 0.15) is 36.1 Å². The zero-order chi connectivity index (χ0) is 23.9. The molecular formula is C25H26Cl2N2O4. The van der Waals surface area contributed by atoms with Gasteiger partial charge in [0.1, 0.15) is 17.6 Å².